The number of nitrogens with zero attached hydrogens (tertiary/aromatic N) is 1. The lowest BCUT2D eigenvalue weighted by atomic mass is 9.77. The van der Waals surface area contributed by atoms with Crippen LogP contribution in [0.25, 0.3) is 10.8 Å². The molecule has 0 bridgehead atoms. The van der Waals surface area contributed by atoms with E-state index in [1.54, 1.807) is 0 Å². The summed E-state index contributed by atoms with van der Waals surface area (Å²) in [5, 5.41) is 2.68. The van der Waals surface area contributed by atoms with Crippen molar-refractivity contribution in [3.05, 3.63) is 42.2 Å². The van der Waals surface area contributed by atoms with Gasteiger partial charge < -0.3 is 0 Å². The quantitative estimate of drug-likeness (QED) is 0.695. The van der Waals surface area contributed by atoms with Gasteiger partial charge in [0.25, 0.3) is 0 Å². The summed E-state index contributed by atoms with van der Waals surface area (Å²) in [6.07, 6.45) is 7.39. The van der Waals surface area contributed by atoms with Gasteiger partial charge in [0.1, 0.15) is 0 Å². The predicted octanol–water partition coefficient (Wildman–Crippen LogP) is 4.53. The maximum atomic E-state index is 4.68. The van der Waals surface area contributed by atoms with Gasteiger partial charge in [-0.05, 0) is 23.8 Å². The summed E-state index contributed by atoms with van der Waals surface area (Å²) >= 11 is 0. The minimum atomic E-state index is 0.662. The molecule has 2 aromatic rings. The van der Waals surface area contributed by atoms with Crippen molar-refractivity contribution in [2.75, 3.05) is 0 Å². The highest BCUT2D eigenvalue weighted by Crippen LogP contribution is 2.38. The van der Waals surface area contributed by atoms with E-state index in [1.807, 2.05) is 6.20 Å². The molecular weight excluding hydrogens is 206 g/mol. The van der Waals surface area contributed by atoms with Crippen LogP contribution in [0.4, 0.5) is 0 Å². The maximum Gasteiger partial charge on any atom is 0.0515 e. The summed E-state index contributed by atoms with van der Waals surface area (Å²) in [5.41, 5.74) is 1.33. The average Bonchev–Trinajstić information content (AvgIpc) is 2.39. The van der Waals surface area contributed by atoms with Gasteiger partial charge in [-0.3, -0.25) is 4.98 Å². The highest BCUT2D eigenvalue weighted by Gasteiger charge is 2.25. The van der Waals surface area contributed by atoms with Crippen molar-refractivity contribution < 1.29 is 0 Å². The Morgan fingerprint density at radius 3 is 2.76 bits per heavy atom. The number of benzene rings is 1. The number of fused-ring (bicyclic) bond motifs is 1. The van der Waals surface area contributed by atoms with E-state index in [2.05, 4.69) is 42.2 Å². The molecule has 1 aliphatic carbocycles. The average molecular weight is 225 g/mol. The Hall–Kier alpha value is -1.37. The van der Waals surface area contributed by atoms with E-state index in [9.17, 15) is 0 Å². The first-order valence-corrected chi connectivity index (χ1v) is 6.70. The Morgan fingerprint density at radius 1 is 1.06 bits per heavy atom. The number of hydrogen-bond acceptors (Lipinski definition) is 1. The van der Waals surface area contributed by atoms with Crippen molar-refractivity contribution in [1.82, 2.24) is 4.98 Å². The van der Waals surface area contributed by atoms with E-state index in [1.165, 1.54) is 42.1 Å². The molecule has 1 saturated carbocycles. The number of hydrogen-bond donors (Lipinski definition) is 0. The van der Waals surface area contributed by atoms with Gasteiger partial charge in [-0.25, -0.2) is 0 Å². The van der Waals surface area contributed by atoms with Crippen molar-refractivity contribution >= 4 is 10.8 Å². The van der Waals surface area contributed by atoms with Crippen LogP contribution < -0.4 is 0 Å². The molecule has 17 heavy (non-hydrogen) atoms. The maximum absolute atomic E-state index is 4.68. The van der Waals surface area contributed by atoms with Crippen molar-refractivity contribution in [2.24, 2.45) is 5.92 Å². The zero-order chi connectivity index (χ0) is 11.7. The second-order valence-corrected chi connectivity index (χ2v) is 5.29. The monoisotopic (exact) mass is 225 g/mol. The molecule has 1 heterocycles. The summed E-state index contributed by atoms with van der Waals surface area (Å²) in [6, 6.07) is 10.8. The molecule has 1 heteroatoms. The first-order chi connectivity index (χ1) is 8.36. The van der Waals surface area contributed by atoms with Gasteiger partial charge >= 0.3 is 0 Å². The molecule has 3 rings (SSSR count). The van der Waals surface area contributed by atoms with Crippen LogP contribution in [0.2, 0.25) is 0 Å². The lowest BCUT2D eigenvalue weighted by Gasteiger charge is -2.29. The fourth-order valence-electron chi connectivity index (χ4n) is 3.16. The molecular formula is C16H19N. The van der Waals surface area contributed by atoms with E-state index >= 15 is 0 Å². The fraction of sp³-hybridized carbons (Fsp3) is 0.438. The normalized spacial score (nSPS) is 25.0. The summed E-state index contributed by atoms with van der Waals surface area (Å²) in [5.74, 6) is 1.44. The molecule has 0 N–H and O–H groups in total. The van der Waals surface area contributed by atoms with Crippen LogP contribution in [-0.4, -0.2) is 4.98 Å². The zero-order valence-electron chi connectivity index (χ0n) is 10.4. The molecule has 0 spiro atoms. The van der Waals surface area contributed by atoms with Crippen LogP contribution >= 0.6 is 0 Å². The zero-order valence-corrected chi connectivity index (χ0v) is 10.4. The molecule has 88 valence electrons. The number of pyridine rings is 1. The Balaban J connectivity index is 2.10. The molecule has 2 atom stereocenters. The fourth-order valence-corrected chi connectivity index (χ4v) is 3.16. The van der Waals surface area contributed by atoms with E-state index in [0.717, 1.165) is 5.92 Å². The van der Waals surface area contributed by atoms with E-state index in [0.29, 0.717) is 5.92 Å². The van der Waals surface area contributed by atoms with Gasteiger partial charge in [0.05, 0.1) is 5.69 Å². The molecule has 1 aliphatic rings. The molecule has 0 amide bonds. The summed E-state index contributed by atoms with van der Waals surface area (Å²) in [4.78, 5) is 4.68. The molecule has 1 nitrogen and oxygen atoms in total. The minimum Gasteiger partial charge on any atom is -0.260 e. The van der Waals surface area contributed by atoms with E-state index in [-0.39, 0.29) is 0 Å². The highest BCUT2D eigenvalue weighted by molar-refractivity contribution is 5.84. The van der Waals surface area contributed by atoms with E-state index < -0.39 is 0 Å². The van der Waals surface area contributed by atoms with Crippen molar-refractivity contribution in [2.45, 2.75) is 38.5 Å². The van der Waals surface area contributed by atoms with Crippen molar-refractivity contribution in [1.29, 1.82) is 0 Å². The van der Waals surface area contributed by atoms with Gasteiger partial charge in [-0.15, -0.1) is 0 Å². The SMILES string of the molecule is C[C@H]1CCCC[C@H]1c1nccc2ccccc12. The van der Waals surface area contributed by atoms with Crippen LogP contribution in [0.3, 0.4) is 0 Å². The second kappa shape index (κ2) is 4.48. The van der Waals surface area contributed by atoms with Gasteiger partial charge in [0, 0.05) is 17.5 Å². The Morgan fingerprint density at radius 2 is 1.88 bits per heavy atom. The van der Waals surface area contributed by atoms with Crippen molar-refractivity contribution in [3.8, 4) is 0 Å². The van der Waals surface area contributed by atoms with Crippen LogP contribution in [-0.2, 0) is 0 Å². The number of rotatable bonds is 1. The first kappa shape index (κ1) is 10.8. The molecule has 1 aromatic heterocycles. The van der Waals surface area contributed by atoms with E-state index in [4.69, 9.17) is 0 Å². The lowest BCUT2D eigenvalue weighted by molar-refractivity contribution is 0.327. The predicted molar refractivity (Wildman–Crippen MR) is 72.1 cm³/mol. The Labute approximate surface area is 103 Å². The molecule has 1 aromatic carbocycles. The van der Waals surface area contributed by atoms with Crippen LogP contribution in [0, 0.1) is 5.92 Å². The number of aromatic nitrogens is 1. The lowest BCUT2D eigenvalue weighted by Crippen LogP contribution is -2.16. The van der Waals surface area contributed by atoms with Gasteiger partial charge in [-0.2, -0.15) is 0 Å². The third kappa shape index (κ3) is 1.95. The standard InChI is InChI=1S/C16H19N/c1-12-6-2-4-8-14(12)16-15-9-5-3-7-13(15)10-11-17-16/h3,5,7,9-12,14H,2,4,6,8H2,1H3/t12-,14+/m0/s1. The Kier molecular flexibility index (Phi) is 2.84. The van der Waals surface area contributed by atoms with Gasteiger partial charge in [0.2, 0.25) is 0 Å². The van der Waals surface area contributed by atoms with Gasteiger partial charge in [-0.1, -0.05) is 50.5 Å². The summed E-state index contributed by atoms with van der Waals surface area (Å²) < 4.78 is 0. The molecule has 0 unspecified atom stereocenters. The minimum absolute atomic E-state index is 0.662. The molecule has 0 radical (unpaired) electrons. The largest absolute Gasteiger partial charge is 0.260 e. The van der Waals surface area contributed by atoms with Crippen LogP contribution in [0.5, 0.6) is 0 Å². The third-order valence-electron chi connectivity index (χ3n) is 4.17. The van der Waals surface area contributed by atoms with Crippen LogP contribution in [0.15, 0.2) is 36.5 Å². The molecule has 0 aliphatic heterocycles. The smallest absolute Gasteiger partial charge is 0.0515 e. The second-order valence-electron chi connectivity index (χ2n) is 5.29. The Bertz CT molecular complexity index is 512. The van der Waals surface area contributed by atoms with Gasteiger partial charge in [0.15, 0.2) is 0 Å². The van der Waals surface area contributed by atoms with Crippen molar-refractivity contribution in [3.63, 3.8) is 0 Å². The third-order valence-corrected chi connectivity index (χ3v) is 4.17. The summed E-state index contributed by atoms with van der Waals surface area (Å²) in [6.45, 7) is 2.38. The highest BCUT2D eigenvalue weighted by atomic mass is 14.7. The summed E-state index contributed by atoms with van der Waals surface area (Å²) in [7, 11) is 0. The molecule has 1 fully saturated rings. The van der Waals surface area contributed by atoms with Crippen LogP contribution in [0.1, 0.15) is 44.2 Å². The molecule has 0 saturated heterocycles. The topological polar surface area (TPSA) is 12.9 Å². The first-order valence-electron chi connectivity index (χ1n) is 6.70.